The van der Waals surface area contributed by atoms with Crippen LogP contribution in [0.25, 0.3) is 5.70 Å². The molecule has 1 atom stereocenters. The second kappa shape index (κ2) is 12.0. The Bertz CT molecular complexity index is 911. The number of rotatable bonds is 7. The third-order valence-electron chi connectivity index (χ3n) is 5.48. The first-order valence-electron chi connectivity index (χ1n) is 10.2. The Balaban J connectivity index is 2.33. The van der Waals surface area contributed by atoms with Crippen molar-refractivity contribution < 1.29 is 14.3 Å². The van der Waals surface area contributed by atoms with Gasteiger partial charge in [0.15, 0.2) is 6.04 Å². The summed E-state index contributed by atoms with van der Waals surface area (Å²) in [6, 6.07) is 1.82. The molecule has 0 bridgehead atoms. The number of likely N-dealkylation sites (tertiary alicyclic amines) is 1. The van der Waals surface area contributed by atoms with Gasteiger partial charge in [-0.25, -0.2) is 9.59 Å². The Morgan fingerprint density at radius 1 is 1.31 bits per heavy atom. The molecule has 1 aliphatic rings. The zero-order valence-corrected chi connectivity index (χ0v) is 20.3. The first-order chi connectivity index (χ1) is 15.2. The number of carbonyl (C=O) groups excluding carboxylic acids is 2. The monoisotopic (exact) mass is 481 g/mol. The van der Waals surface area contributed by atoms with Crippen molar-refractivity contribution in [3.05, 3.63) is 39.5 Å². The number of aliphatic imine (C=N–C) groups is 2. The Hall–Kier alpha value is -2.42. The largest absolute Gasteiger partial charge is 0.467 e. The molecule has 0 spiro atoms. The van der Waals surface area contributed by atoms with E-state index in [4.69, 9.17) is 27.9 Å². The molecule has 1 fully saturated rings. The summed E-state index contributed by atoms with van der Waals surface area (Å²) in [6.45, 7) is 7.11. The van der Waals surface area contributed by atoms with Gasteiger partial charge < -0.3 is 19.9 Å². The Labute approximate surface area is 198 Å². The van der Waals surface area contributed by atoms with Crippen LogP contribution in [0.2, 0.25) is 10.0 Å². The van der Waals surface area contributed by atoms with E-state index in [1.54, 1.807) is 37.2 Å². The van der Waals surface area contributed by atoms with Crippen LogP contribution in [-0.4, -0.2) is 75.1 Å². The van der Waals surface area contributed by atoms with Crippen LogP contribution < -0.4 is 5.32 Å². The molecule has 1 unspecified atom stereocenters. The lowest BCUT2D eigenvalue weighted by Crippen LogP contribution is -2.49. The van der Waals surface area contributed by atoms with Gasteiger partial charge in [-0.05, 0) is 46.6 Å². The number of methoxy groups -OCH3 is 1. The fourth-order valence-electron chi connectivity index (χ4n) is 3.48. The molecule has 10 heteroatoms. The van der Waals surface area contributed by atoms with Gasteiger partial charge in [0.25, 0.3) is 0 Å². The molecule has 0 radical (unpaired) electrons. The lowest BCUT2D eigenvalue weighted by molar-refractivity contribution is -0.143. The smallest absolute Gasteiger partial charge is 0.333 e. The van der Waals surface area contributed by atoms with Gasteiger partial charge in [0, 0.05) is 30.4 Å². The minimum absolute atomic E-state index is 0.0800. The van der Waals surface area contributed by atoms with Crippen LogP contribution in [0.5, 0.6) is 0 Å². The third kappa shape index (κ3) is 6.09. The molecule has 1 aliphatic heterocycles. The Morgan fingerprint density at radius 3 is 2.53 bits per heavy atom. The van der Waals surface area contributed by atoms with E-state index in [1.807, 2.05) is 0 Å². The standard InChI is InChI=1S/C22H29Cl2N5O3/c1-6-26-13-17(25-2)15-7-8-16(19(24)18(15)23)20(21(30)32-5)27-22(31)29(4)14-9-11-28(3)12-10-14/h6-8,13-14,20H,2,9-12H2,1,3-5H3,(H,27,31)/b17-13-,26-6?. The fraction of sp³-hybridized carbons (Fsp3) is 0.455. The predicted molar refractivity (Wildman–Crippen MR) is 130 cm³/mol. The average Bonchev–Trinajstić information content (AvgIpc) is 2.80. The van der Waals surface area contributed by atoms with E-state index >= 15 is 0 Å². The van der Waals surface area contributed by atoms with Crippen molar-refractivity contribution in [1.82, 2.24) is 15.1 Å². The molecule has 32 heavy (non-hydrogen) atoms. The van der Waals surface area contributed by atoms with E-state index in [-0.39, 0.29) is 16.1 Å². The summed E-state index contributed by atoms with van der Waals surface area (Å²) in [6.07, 6.45) is 4.81. The summed E-state index contributed by atoms with van der Waals surface area (Å²) in [4.78, 5) is 37.3. The maximum Gasteiger partial charge on any atom is 0.333 e. The maximum absolute atomic E-state index is 12.9. The fourth-order valence-corrected chi connectivity index (χ4v) is 4.02. The number of urea groups is 1. The van der Waals surface area contributed by atoms with E-state index in [2.05, 4.69) is 34.0 Å². The van der Waals surface area contributed by atoms with Crippen molar-refractivity contribution in [1.29, 1.82) is 0 Å². The molecule has 2 amide bonds. The van der Waals surface area contributed by atoms with E-state index in [0.717, 1.165) is 25.9 Å². The van der Waals surface area contributed by atoms with Crippen LogP contribution in [0.15, 0.2) is 28.3 Å². The molecule has 2 rings (SSSR count). The number of hydrogen-bond donors (Lipinski definition) is 1. The first kappa shape index (κ1) is 25.8. The number of esters is 1. The number of benzene rings is 1. The summed E-state index contributed by atoms with van der Waals surface area (Å²) in [5.74, 6) is -0.658. The molecule has 1 aromatic carbocycles. The number of carbonyl (C=O) groups is 2. The van der Waals surface area contributed by atoms with E-state index in [9.17, 15) is 9.59 Å². The topological polar surface area (TPSA) is 86.6 Å². The van der Waals surface area contributed by atoms with Crippen LogP contribution in [0.4, 0.5) is 4.79 Å². The van der Waals surface area contributed by atoms with E-state index in [0.29, 0.717) is 16.8 Å². The minimum atomic E-state index is -1.13. The van der Waals surface area contributed by atoms with E-state index in [1.165, 1.54) is 13.3 Å². The summed E-state index contributed by atoms with van der Waals surface area (Å²) in [5.41, 5.74) is 1.24. The van der Waals surface area contributed by atoms with Gasteiger partial charge in [-0.3, -0.25) is 9.98 Å². The molecule has 0 saturated carbocycles. The summed E-state index contributed by atoms with van der Waals surface area (Å²) >= 11 is 13.0. The van der Waals surface area contributed by atoms with Crippen molar-refractivity contribution in [2.75, 3.05) is 34.3 Å². The first-order valence-corrected chi connectivity index (χ1v) is 10.9. The molecule has 0 aliphatic carbocycles. The number of nitrogens with zero attached hydrogens (tertiary/aromatic N) is 4. The van der Waals surface area contributed by atoms with Gasteiger partial charge in [0.05, 0.1) is 29.1 Å². The number of halogens is 2. The van der Waals surface area contributed by atoms with Crippen molar-refractivity contribution in [3.63, 3.8) is 0 Å². The van der Waals surface area contributed by atoms with Crippen LogP contribution in [0.1, 0.15) is 36.9 Å². The van der Waals surface area contributed by atoms with E-state index < -0.39 is 18.0 Å². The number of ether oxygens (including phenoxy) is 1. The summed E-state index contributed by atoms with van der Waals surface area (Å²) < 4.78 is 4.91. The molecule has 1 heterocycles. The Morgan fingerprint density at radius 2 is 1.97 bits per heavy atom. The van der Waals surface area contributed by atoms with Gasteiger partial charge >= 0.3 is 12.0 Å². The van der Waals surface area contributed by atoms with Crippen LogP contribution in [0, 0.1) is 0 Å². The van der Waals surface area contributed by atoms with Gasteiger partial charge in [0.1, 0.15) is 0 Å². The normalized spacial score (nSPS) is 16.6. The average molecular weight is 482 g/mol. The van der Waals surface area contributed by atoms with Gasteiger partial charge in [0.2, 0.25) is 0 Å². The highest BCUT2D eigenvalue weighted by Crippen LogP contribution is 2.37. The summed E-state index contributed by atoms with van der Waals surface area (Å²) in [7, 11) is 5.02. The van der Waals surface area contributed by atoms with Crippen LogP contribution in [0.3, 0.4) is 0 Å². The van der Waals surface area contributed by atoms with Gasteiger partial charge in [-0.2, -0.15) is 0 Å². The molecule has 174 valence electrons. The number of amides is 2. The molecule has 8 nitrogen and oxygen atoms in total. The second-order valence-corrected chi connectivity index (χ2v) is 8.22. The highest BCUT2D eigenvalue weighted by atomic mass is 35.5. The maximum atomic E-state index is 12.9. The van der Waals surface area contributed by atoms with Crippen LogP contribution >= 0.6 is 23.2 Å². The molecule has 0 aromatic heterocycles. The predicted octanol–water partition coefficient (Wildman–Crippen LogP) is 4.03. The quantitative estimate of drug-likeness (QED) is 0.470. The van der Waals surface area contributed by atoms with Crippen molar-refractivity contribution in [2.24, 2.45) is 9.98 Å². The van der Waals surface area contributed by atoms with Crippen molar-refractivity contribution >= 4 is 53.8 Å². The summed E-state index contributed by atoms with van der Waals surface area (Å²) in [5, 5.41) is 3.01. The lowest BCUT2D eigenvalue weighted by Gasteiger charge is -2.35. The van der Waals surface area contributed by atoms with Crippen LogP contribution in [-0.2, 0) is 9.53 Å². The third-order valence-corrected chi connectivity index (χ3v) is 6.37. The van der Waals surface area contributed by atoms with Gasteiger partial charge in [-0.1, -0.05) is 35.3 Å². The molecule has 1 aromatic rings. The highest BCUT2D eigenvalue weighted by molar-refractivity contribution is 6.43. The SMILES string of the molecule is C=N/C(=C\N=CC)c1ccc(C(NC(=O)N(C)C2CCN(C)CC2)C(=O)OC)c(Cl)c1Cl. The molecule has 1 N–H and O–H groups in total. The Kier molecular flexibility index (Phi) is 9.68. The second-order valence-electron chi connectivity index (χ2n) is 7.46. The highest BCUT2D eigenvalue weighted by Gasteiger charge is 2.31. The number of hydrogen-bond acceptors (Lipinski definition) is 6. The number of nitrogens with one attached hydrogen (secondary N) is 1. The lowest BCUT2D eigenvalue weighted by atomic mass is 10.0. The zero-order valence-electron chi connectivity index (χ0n) is 18.8. The van der Waals surface area contributed by atoms with Crippen molar-refractivity contribution in [2.45, 2.75) is 31.8 Å². The molecular weight excluding hydrogens is 453 g/mol. The van der Waals surface area contributed by atoms with Crippen molar-refractivity contribution in [3.8, 4) is 0 Å². The molecular formula is C22H29Cl2N5O3. The zero-order chi connectivity index (χ0) is 23.8. The van der Waals surface area contributed by atoms with Gasteiger partial charge in [-0.15, -0.1) is 0 Å². The number of piperidine rings is 1. The minimum Gasteiger partial charge on any atom is -0.467 e. The molecule has 1 saturated heterocycles.